The first-order valence-corrected chi connectivity index (χ1v) is 10.5. The molecule has 1 aliphatic heterocycles. The van der Waals surface area contributed by atoms with Crippen LogP contribution in [0.2, 0.25) is 0 Å². The molecular formula is C22H23FN2O3S. The fourth-order valence-electron chi connectivity index (χ4n) is 3.40. The second-order valence-corrected chi connectivity index (χ2v) is 8.23. The zero-order valence-electron chi connectivity index (χ0n) is 16.5. The van der Waals surface area contributed by atoms with E-state index in [1.807, 2.05) is 19.9 Å². The number of nitrogens with zero attached hydrogens (tertiary/aromatic N) is 2. The van der Waals surface area contributed by atoms with Crippen LogP contribution in [-0.2, 0) is 9.53 Å². The summed E-state index contributed by atoms with van der Waals surface area (Å²) in [6.45, 7) is 5.09. The molecule has 0 bridgehead atoms. The highest BCUT2D eigenvalue weighted by Gasteiger charge is 2.27. The summed E-state index contributed by atoms with van der Waals surface area (Å²) in [7, 11) is 0. The predicted octanol–water partition coefficient (Wildman–Crippen LogP) is 4.64. The van der Waals surface area contributed by atoms with Gasteiger partial charge < -0.3 is 9.47 Å². The van der Waals surface area contributed by atoms with Gasteiger partial charge in [0.15, 0.2) is 11.7 Å². The van der Waals surface area contributed by atoms with Crippen molar-refractivity contribution in [2.75, 3.05) is 24.7 Å². The van der Waals surface area contributed by atoms with E-state index in [1.54, 1.807) is 4.90 Å². The lowest BCUT2D eigenvalue weighted by Crippen LogP contribution is -2.40. The normalized spacial score (nSPS) is 16.3. The maximum atomic E-state index is 13.1. The number of amides is 1. The Morgan fingerprint density at radius 3 is 2.69 bits per heavy atom. The Morgan fingerprint density at radius 2 is 2.00 bits per heavy atom. The molecule has 0 saturated carbocycles. The Balaban J connectivity index is 1.58. The molecule has 1 unspecified atom stereocenters. The summed E-state index contributed by atoms with van der Waals surface area (Å²) in [5.74, 6) is -0.0871. The van der Waals surface area contributed by atoms with Crippen LogP contribution in [0.5, 0.6) is 5.75 Å². The quantitative estimate of drug-likeness (QED) is 0.590. The third-order valence-corrected chi connectivity index (χ3v) is 6.26. The summed E-state index contributed by atoms with van der Waals surface area (Å²) in [6.07, 6.45) is 1.92. The van der Waals surface area contributed by atoms with Crippen molar-refractivity contribution in [3.63, 3.8) is 0 Å². The van der Waals surface area contributed by atoms with Crippen LogP contribution >= 0.6 is 11.3 Å². The monoisotopic (exact) mass is 414 g/mol. The van der Waals surface area contributed by atoms with Gasteiger partial charge in [0.1, 0.15) is 11.6 Å². The van der Waals surface area contributed by atoms with Crippen LogP contribution in [-0.4, -0.2) is 36.8 Å². The van der Waals surface area contributed by atoms with E-state index in [1.165, 1.54) is 35.6 Å². The second-order valence-electron chi connectivity index (χ2n) is 7.26. The average Bonchev–Trinajstić information content (AvgIpc) is 3.39. The van der Waals surface area contributed by atoms with Crippen LogP contribution in [0.4, 0.5) is 9.52 Å². The minimum absolute atomic E-state index is 0.000947. The lowest BCUT2D eigenvalue weighted by atomic mass is 10.1. The van der Waals surface area contributed by atoms with Gasteiger partial charge in [-0.25, -0.2) is 9.37 Å². The van der Waals surface area contributed by atoms with E-state index in [2.05, 4.69) is 6.07 Å². The molecule has 0 aliphatic carbocycles. The minimum Gasteiger partial charge on any atom is -0.484 e. The van der Waals surface area contributed by atoms with Crippen molar-refractivity contribution >= 4 is 32.6 Å². The highest BCUT2D eigenvalue weighted by atomic mass is 32.1. The van der Waals surface area contributed by atoms with E-state index in [0.717, 1.165) is 40.8 Å². The van der Waals surface area contributed by atoms with Gasteiger partial charge in [0, 0.05) is 6.61 Å². The van der Waals surface area contributed by atoms with Gasteiger partial charge in [0.2, 0.25) is 0 Å². The molecule has 0 spiro atoms. The number of carbonyl (C=O) groups is 1. The number of hydrogen-bond donors (Lipinski definition) is 0. The fraction of sp³-hybridized carbons (Fsp3) is 0.364. The zero-order valence-corrected chi connectivity index (χ0v) is 17.3. The van der Waals surface area contributed by atoms with Crippen molar-refractivity contribution in [2.24, 2.45) is 0 Å². The molecule has 0 radical (unpaired) electrons. The minimum atomic E-state index is -0.344. The van der Waals surface area contributed by atoms with Gasteiger partial charge in [-0.3, -0.25) is 9.69 Å². The highest BCUT2D eigenvalue weighted by Crippen LogP contribution is 2.33. The average molecular weight is 415 g/mol. The molecule has 1 fully saturated rings. The van der Waals surface area contributed by atoms with Gasteiger partial charge >= 0.3 is 0 Å². The maximum absolute atomic E-state index is 13.1. The second kappa shape index (κ2) is 8.47. The Hall–Kier alpha value is -2.51. The van der Waals surface area contributed by atoms with Gasteiger partial charge in [-0.1, -0.05) is 23.5 Å². The molecule has 1 aliphatic rings. The summed E-state index contributed by atoms with van der Waals surface area (Å²) in [4.78, 5) is 19.5. The van der Waals surface area contributed by atoms with Crippen molar-refractivity contribution < 1.29 is 18.7 Å². The largest absolute Gasteiger partial charge is 0.484 e. The molecule has 29 heavy (non-hydrogen) atoms. The first-order valence-electron chi connectivity index (χ1n) is 9.68. The Kier molecular flexibility index (Phi) is 5.78. The summed E-state index contributed by atoms with van der Waals surface area (Å²) < 4.78 is 25.5. The molecule has 7 heteroatoms. The number of carbonyl (C=O) groups excluding carboxylic acids is 1. The number of rotatable bonds is 6. The molecule has 4 rings (SSSR count). The molecule has 1 saturated heterocycles. The molecular weight excluding hydrogens is 391 g/mol. The molecule has 3 aromatic rings. The van der Waals surface area contributed by atoms with Crippen molar-refractivity contribution in [1.29, 1.82) is 0 Å². The van der Waals surface area contributed by atoms with Gasteiger partial charge in [0.05, 0.1) is 22.9 Å². The fourth-order valence-corrected chi connectivity index (χ4v) is 4.53. The van der Waals surface area contributed by atoms with E-state index >= 15 is 0 Å². The number of benzene rings is 2. The number of aromatic nitrogens is 1. The van der Waals surface area contributed by atoms with Crippen LogP contribution in [0.3, 0.4) is 0 Å². The summed E-state index contributed by atoms with van der Waals surface area (Å²) >= 11 is 1.51. The first kappa shape index (κ1) is 19.8. The number of halogens is 1. The SMILES string of the molecule is Cc1ccc(C)c2sc(N(CC3CCCO3)C(=O)COc3ccc(F)cc3)nc12. The van der Waals surface area contributed by atoms with E-state index in [-0.39, 0.29) is 24.4 Å². The van der Waals surface area contributed by atoms with Crippen LogP contribution in [0.1, 0.15) is 24.0 Å². The van der Waals surface area contributed by atoms with Gasteiger partial charge in [-0.15, -0.1) is 0 Å². The lowest BCUT2D eigenvalue weighted by Gasteiger charge is -2.23. The van der Waals surface area contributed by atoms with Crippen molar-refractivity contribution in [1.82, 2.24) is 4.98 Å². The van der Waals surface area contributed by atoms with Crippen molar-refractivity contribution in [2.45, 2.75) is 32.8 Å². The number of ether oxygens (including phenoxy) is 2. The van der Waals surface area contributed by atoms with Crippen molar-refractivity contribution in [3.05, 3.63) is 53.3 Å². The van der Waals surface area contributed by atoms with E-state index in [9.17, 15) is 9.18 Å². The molecule has 2 heterocycles. The van der Waals surface area contributed by atoms with Crippen LogP contribution in [0.15, 0.2) is 36.4 Å². The number of aryl methyl sites for hydroxylation is 2. The van der Waals surface area contributed by atoms with Crippen LogP contribution in [0.25, 0.3) is 10.2 Å². The summed E-state index contributed by atoms with van der Waals surface area (Å²) in [5.41, 5.74) is 3.15. The van der Waals surface area contributed by atoms with Crippen LogP contribution < -0.4 is 9.64 Å². The molecule has 2 aromatic carbocycles. The lowest BCUT2D eigenvalue weighted by molar-refractivity contribution is -0.120. The first-order chi connectivity index (χ1) is 14.0. The summed E-state index contributed by atoms with van der Waals surface area (Å²) in [6, 6.07) is 9.76. The Labute approximate surface area is 173 Å². The Morgan fingerprint density at radius 1 is 1.24 bits per heavy atom. The van der Waals surface area contributed by atoms with Gasteiger partial charge in [-0.2, -0.15) is 0 Å². The molecule has 1 amide bonds. The third-order valence-electron chi connectivity index (χ3n) is 5.05. The van der Waals surface area contributed by atoms with Crippen molar-refractivity contribution in [3.8, 4) is 5.75 Å². The van der Waals surface area contributed by atoms with E-state index < -0.39 is 0 Å². The van der Waals surface area contributed by atoms with E-state index in [0.29, 0.717) is 17.4 Å². The number of anilines is 1. The van der Waals surface area contributed by atoms with Gasteiger partial charge in [0.25, 0.3) is 5.91 Å². The predicted molar refractivity (Wildman–Crippen MR) is 112 cm³/mol. The smallest absolute Gasteiger partial charge is 0.266 e. The third kappa shape index (κ3) is 4.41. The standard InChI is InChI=1S/C22H23FN2O3S/c1-14-5-6-15(2)21-20(14)24-22(29-21)25(12-18-4-3-11-27-18)19(26)13-28-17-9-7-16(23)8-10-17/h5-10,18H,3-4,11-13H2,1-2H3. The molecule has 152 valence electrons. The molecule has 1 aromatic heterocycles. The molecule has 0 N–H and O–H groups in total. The maximum Gasteiger partial charge on any atom is 0.266 e. The zero-order chi connectivity index (χ0) is 20.4. The number of thiazole rings is 1. The highest BCUT2D eigenvalue weighted by molar-refractivity contribution is 7.22. The van der Waals surface area contributed by atoms with Gasteiger partial charge in [-0.05, 0) is 62.1 Å². The van der Waals surface area contributed by atoms with Crippen LogP contribution in [0, 0.1) is 19.7 Å². The Bertz CT molecular complexity index is 974. The molecule has 5 nitrogen and oxygen atoms in total. The van der Waals surface area contributed by atoms with E-state index in [4.69, 9.17) is 14.5 Å². The number of hydrogen-bond acceptors (Lipinski definition) is 5. The molecule has 1 atom stereocenters. The summed E-state index contributed by atoms with van der Waals surface area (Å²) in [5, 5.41) is 0.653. The topological polar surface area (TPSA) is 51.7 Å². The number of fused-ring (bicyclic) bond motifs is 1.